The normalized spacial score (nSPS) is 15.4. The van der Waals surface area contributed by atoms with Crippen LogP contribution in [0.15, 0.2) is 40.1 Å². The van der Waals surface area contributed by atoms with Crippen LogP contribution in [0.1, 0.15) is 12.8 Å². The Morgan fingerprint density at radius 3 is 2.96 bits per heavy atom. The van der Waals surface area contributed by atoms with Gasteiger partial charge in [-0.25, -0.2) is 9.97 Å². The Bertz CT molecular complexity index is 825. The molecule has 4 rings (SSSR count). The third-order valence-electron chi connectivity index (χ3n) is 4.08. The van der Waals surface area contributed by atoms with Gasteiger partial charge in [0.15, 0.2) is 16.1 Å². The van der Waals surface area contributed by atoms with Gasteiger partial charge in [-0.15, -0.1) is 21.5 Å². The fourth-order valence-electron chi connectivity index (χ4n) is 2.75. The Morgan fingerprint density at radius 2 is 2.16 bits per heavy atom. The molecule has 0 aliphatic carbocycles. The highest BCUT2D eigenvalue weighted by atomic mass is 32.2. The first-order valence-corrected chi connectivity index (χ1v) is 9.90. The second kappa shape index (κ2) is 7.51. The zero-order chi connectivity index (χ0) is 17.1. The molecule has 1 aliphatic heterocycles. The summed E-state index contributed by atoms with van der Waals surface area (Å²) < 4.78 is 1.98. The van der Waals surface area contributed by atoms with Crippen molar-refractivity contribution in [2.75, 3.05) is 18.4 Å². The first-order chi connectivity index (χ1) is 12.3. The van der Waals surface area contributed by atoms with Gasteiger partial charge in [-0.3, -0.25) is 0 Å². The molecule has 25 heavy (non-hydrogen) atoms. The Kier molecular flexibility index (Phi) is 4.95. The largest absolute Gasteiger partial charge is 0.367 e. The Balaban J connectivity index is 1.48. The van der Waals surface area contributed by atoms with Crippen LogP contribution in [0.3, 0.4) is 0 Å². The van der Waals surface area contributed by atoms with Crippen LogP contribution in [-0.4, -0.2) is 43.9 Å². The molecule has 3 aromatic heterocycles. The van der Waals surface area contributed by atoms with Gasteiger partial charge in [0.25, 0.3) is 0 Å². The van der Waals surface area contributed by atoms with Gasteiger partial charge in [0, 0.05) is 19.3 Å². The maximum atomic E-state index is 4.62. The predicted molar refractivity (Wildman–Crippen MR) is 100.0 cm³/mol. The van der Waals surface area contributed by atoms with Gasteiger partial charge in [-0.2, -0.15) is 0 Å². The van der Waals surface area contributed by atoms with E-state index in [9.17, 15) is 0 Å². The monoisotopic (exact) mass is 373 g/mol. The van der Waals surface area contributed by atoms with Gasteiger partial charge < -0.3 is 15.2 Å². The van der Waals surface area contributed by atoms with Crippen molar-refractivity contribution in [3.05, 3.63) is 29.8 Å². The molecule has 1 aliphatic rings. The lowest BCUT2D eigenvalue weighted by atomic mass is 10.1. The van der Waals surface area contributed by atoms with Gasteiger partial charge in [0.2, 0.25) is 0 Å². The van der Waals surface area contributed by atoms with E-state index in [1.165, 1.54) is 11.8 Å². The average molecular weight is 374 g/mol. The van der Waals surface area contributed by atoms with E-state index in [2.05, 4.69) is 30.8 Å². The number of aromatic nitrogens is 5. The SMILES string of the molecule is Cn1c(Sc2nccc(NC3CCNCC3)n2)nnc1-c1cccs1. The topological polar surface area (TPSA) is 80.5 Å². The third kappa shape index (κ3) is 3.83. The van der Waals surface area contributed by atoms with E-state index in [1.807, 2.05) is 35.2 Å². The number of hydrogen-bond acceptors (Lipinski definition) is 8. The van der Waals surface area contributed by atoms with E-state index in [0.717, 1.165) is 47.6 Å². The number of nitrogens with one attached hydrogen (secondary N) is 2. The highest BCUT2D eigenvalue weighted by Gasteiger charge is 2.16. The molecule has 2 N–H and O–H groups in total. The molecule has 130 valence electrons. The summed E-state index contributed by atoms with van der Waals surface area (Å²) in [7, 11) is 1.97. The summed E-state index contributed by atoms with van der Waals surface area (Å²) >= 11 is 3.08. The number of nitrogens with zero attached hydrogens (tertiary/aromatic N) is 5. The molecule has 1 saturated heterocycles. The van der Waals surface area contributed by atoms with Gasteiger partial charge >= 0.3 is 0 Å². The van der Waals surface area contributed by atoms with Crippen LogP contribution >= 0.6 is 23.1 Å². The summed E-state index contributed by atoms with van der Waals surface area (Å²) in [5, 5.41) is 18.9. The molecular formula is C16H19N7S2. The van der Waals surface area contributed by atoms with E-state index < -0.39 is 0 Å². The van der Waals surface area contributed by atoms with Crippen molar-refractivity contribution >= 4 is 28.9 Å². The summed E-state index contributed by atoms with van der Waals surface area (Å²) in [4.78, 5) is 10.1. The molecule has 0 radical (unpaired) electrons. The number of hydrogen-bond donors (Lipinski definition) is 2. The lowest BCUT2D eigenvalue weighted by Gasteiger charge is -2.24. The molecule has 0 saturated carbocycles. The maximum absolute atomic E-state index is 4.62. The molecule has 0 amide bonds. The second-order valence-electron chi connectivity index (χ2n) is 5.84. The van der Waals surface area contributed by atoms with E-state index >= 15 is 0 Å². The van der Waals surface area contributed by atoms with E-state index in [-0.39, 0.29) is 0 Å². The van der Waals surface area contributed by atoms with Crippen molar-refractivity contribution in [2.45, 2.75) is 29.2 Å². The zero-order valence-corrected chi connectivity index (χ0v) is 15.5. The standard InChI is InChI=1S/C16H19N7S2/c1-23-14(12-3-2-10-24-12)21-22-16(23)25-15-18-9-6-13(20-15)19-11-4-7-17-8-5-11/h2-3,6,9-11,17H,4-5,7-8H2,1H3,(H,18,19,20). The molecule has 0 bridgehead atoms. The zero-order valence-electron chi connectivity index (χ0n) is 13.8. The van der Waals surface area contributed by atoms with Crippen LogP contribution in [0, 0.1) is 0 Å². The molecule has 7 nitrogen and oxygen atoms in total. The smallest absolute Gasteiger partial charge is 0.199 e. The quantitative estimate of drug-likeness (QED) is 0.666. The second-order valence-corrected chi connectivity index (χ2v) is 7.72. The fraction of sp³-hybridized carbons (Fsp3) is 0.375. The van der Waals surface area contributed by atoms with Crippen LogP contribution in [0.25, 0.3) is 10.7 Å². The number of rotatable bonds is 5. The van der Waals surface area contributed by atoms with Gasteiger partial charge in [0.1, 0.15) is 5.82 Å². The van der Waals surface area contributed by atoms with Crippen LogP contribution in [-0.2, 0) is 7.05 Å². The van der Waals surface area contributed by atoms with Crippen LogP contribution < -0.4 is 10.6 Å². The summed E-state index contributed by atoms with van der Waals surface area (Å²) in [5.41, 5.74) is 0. The molecule has 3 aromatic rings. The van der Waals surface area contributed by atoms with Crippen molar-refractivity contribution < 1.29 is 0 Å². The molecule has 9 heteroatoms. The Labute approximate surface area is 154 Å². The first-order valence-electron chi connectivity index (χ1n) is 8.21. The fourth-order valence-corrected chi connectivity index (χ4v) is 4.22. The minimum absolute atomic E-state index is 0.467. The van der Waals surface area contributed by atoms with Crippen molar-refractivity contribution in [2.24, 2.45) is 7.05 Å². The van der Waals surface area contributed by atoms with Crippen molar-refractivity contribution in [1.29, 1.82) is 0 Å². The molecule has 0 unspecified atom stereocenters. The molecular weight excluding hydrogens is 354 g/mol. The lowest BCUT2D eigenvalue weighted by Crippen LogP contribution is -2.35. The van der Waals surface area contributed by atoms with E-state index in [4.69, 9.17) is 0 Å². The predicted octanol–water partition coefficient (Wildman–Crippen LogP) is 2.65. The van der Waals surface area contributed by atoms with Crippen molar-refractivity contribution in [3.63, 3.8) is 0 Å². The number of anilines is 1. The number of thiophene rings is 1. The Hall–Kier alpha value is -1.97. The third-order valence-corrected chi connectivity index (χ3v) is 5.87. The van der Waals surface area contributed by atoms with Crippen LogP contribution in [0.5, 0.6) is 0 Å². The van der Waals surface area contributed by atoms with E-state index in [1.54, 1.807) is 17.5 Å². The molecule has 0 atom stereocenters. The highest BCUT2D eigenvalue weighted by Crippen LogP contribution is 2.29. The number of piperidine rings is 1. The first kappa shape index (κ1) is 16.5. The summed E-state index contributed by atoms with van der Waals surface area (Å²) in [6, 6.07) is 6.44. The summed E-state index contributed by atoms with van der Waals surface area (Å²) in [6.07, 6.45) is 4.01. The molecule has 0 aromatic carbocycles. The highest BCUT2D eigenvalue weighted by molar-refractivity contribution is 7.99. The van der Waals surface area contributed by atoms with Crippen LogP contribution in [0.4, 0.5) is 5.82 Å². The molecule has 4 heterocycles. The molecule has 1 fully saturated rings. The van der Waals surface area contributed by atoms with E-state index in [0.29, 0.717) is 11.2 Å². The van der Waals surface area contributed by atoms with Crippen molar-refractivity contribution in [1.82, 2.24) is 30.0 Å². The van der Waals surface area contributed by atoms with Gasteiger partial charge in [-0.05, 0) is 55.2 Å². The minimum Gasteiger partial charge on any atom is -0.367 e. The van der Waals surface area contributed by atoms with Gasteiger partial charge in [-0.1, -0.05) is 6.07 Å². The minimum atomic E-state index is 0.467. The maximum Gasteiger partial charge on any atom is 0.199 e. The Morgan fingerprint density at radius 1 is 1.28 bits per heavy atom. The molecule has 0 spiro atoms. The van der Waals surface area contributed by atoms with Crippen LogP contribution in [0.2, 0.25) is 0 Å². The lowest BCUT2D eigenvalue weighted by molar-refractivity contribution is 0.478. The van der Waals surface area contributed by atoms with Crippen molar-refractivity contribution in [3.8, 4) is 10.7 Å². The average Bonchev–Trinajstić information content (AvgIpc) is 3.27. The summed E-state index contributed by atoms with van der Waals surface area (Å²) in [6.45, 7) is 2.10. The van der Waals surface area contributed by atoms with Gasteiger partial charge in [0.05, 0.1) is 4.88 Å². The summed E-state index contributed by atoms with van der Waals surface area (Å²) in [5.74, 6) is 1.73.